The van der Waals surface area contributed by atoms with Crippen molar-refractivity contribution in [2.45, 2.75) is 43.9 Å². The van der Waals surface area contributed by atoms with Crippen molar-refractivity contribution >= 4 is 0 Å². The number of benzene rings is 1. The van der Waals surface area contributed by atoms with Crippen LogP contribution in [0.5, 0.6) is 0 Å². The van der Waals surface area contributed by atoms with Gasteiger partial charge >= 0.3 is 0 Å². The van der Waals surface area contributed by atoms with Crippen molar-refractivity contribution in [3.8, 4) is 11.4 Å². The lowest BCUT2D eigenvalue weighted by atomic mass is 9.83. The van der Waals surface area contributed by atoms with Crippen LogP contribution < -0.4 is 0 Å². The number of fused-ring (bicyclic) bond motifs is 2. The van der Waals surface area contributed by atoms with Crippen LogP contribution in [0.3, 0.4) is 0 Å². The summed E-state index contributed by atoms with van der Waals surface area (Å²) in [7, 11) is 0. The average molecular weight is 252 g/mol. The van der Waals surface area contributed by atoms with E-state index in [0.717, 1.165) is 29.9 Å². The summed E-state index contributed by atoms with van der Waals surface area (Å²) >= 11 is 0. The molecule has 0 saturated heterocycles. The van der Waals surface area contributed by atoms with Crippen LogP contribution in [0, 0.1) is 0 Å². The largest absolute Gasteiger partial charge is 0.236 e. The Morgan fingerprint density at radius 1 is 1.05 bits per heavy atom. The molecule has 0 aliphatic heterocycles. The van der Waals surface area contributed by atoms with Gasteiger partial charge in [-0.3, -0.25) is 0 Å². The predicted octanol–water partition coefficient (Wildman–Crippen LogP) is 3.90. The van der Waals surface area contributed by atoms with Gasteiger partial charge < -0.3 is 0 Å². The summed E-state index contributed by atoms with van der Waals surface area (Å²) in [6.07, 6.45) is 5.49. The summed E-state index contributed by atoms with van der Waals surface area (Å²) in [5.74, 6) is 0.721. The highest BCUT2D eigenvalue weighted by Crippen LogP contribution is 2.49. The second-order valence-corrected chi connectivity index (χ2v) is 5.66. The number of rotatable bonds is 1. The summed E-state index contributed by atoms with van der Waals surface area (Å²) in [4.78, 5) is 9.22. The standard InChI is InChI=1S/C17H18N2/c1-2-6-13(7-3-1)16-18-12-14-8-11-17(15(14)19-16)9-4-5-10-17/h1-3,6-7,12H,4-5,8-11H2/i8D2. The molecule has 19 heavy (non-hydrogen) atoms. The van der Waals surface area contributed by atoms with E-state index in [2.05, 4.69) is 4.98 Å². The molecule has 2 aliphatic carbocycles. The van der Waals surface area contributed by atoms with Crippen molar-refractivity contribution in [2.75, 3.05) is 0 Å². The van der Waals surface area contributed by atoms with E-state index in [9.17, 15) is 0 Å². The van der Waals surface area contributed by atoms with Gasteiger partial charge in [0.2, 0.25) is 0 Å². The van der Waals surface area contributed by atoms with Crippen LogP contribution in [0.25, 0.3) is 11.4 Å². The lowest BCUT2D eigenvalue weighted by Gasteiger charge is -2.23. The number of hydrogen-bond acceptors (Lipinski definition) is 2. The predicted molar refractivity (Wildman–Crippen MR) is 75.9 cm³/mol. The molecule has 0 unspecified atom stereocenters. The molecule has 1 spiro atoms. The molecular weight excluding hydrogens is 232 g/mol. The van der Waals surface area contributed by atoms with Gasteiger partial charge in [0.15, 0.2) is 5.82 Å². The molecule has 0 amide bonds. The molecule has 2 nitrogen and oxygen atoms in total. The summed E-state index contributed by atoms with van der Waals surface area (Å²) in [6.45, 7) is 0. The van der Waals surface area contributed by atoms with E-state index in [1.807, 2.05) is 30.3 Å². The van der Waals surface area contributed by atoms with Gasteiger partial charge in [0.25, 0.3) is 0 Å². The molecule has 96 valence electrons. The van der Waals surface area contributed by atoms with Crippen molar-refractivity contribution in [2.24, 2.45) is 0 Å². The smallest absolute Gasteiger partial charge is 0.159 e. The Labute approximate surface area is 116 Å². The van der Waals surface area contributed by atoms with E-state index < -0.39 is 6.37 Å². The first-order chi connectivity index (χ1) is 10.1. The van der Waals surface area contributed by atoms with E-state index >= 15 is 0 Å². The summed E-state index contributed by atoms with van der Waals surface area (Å²) < 4.78 is 16.6. The molecule has 0 radical (unpaired) electrons. The molecule has 1 aromatic heterocycles. The second kappa shape index (κ2) is 4.16. The van der Waals surface area contributed by atoms with Crippen molar-refractivity contribution < 1.29 is 2.74 Å². The zero-order valence-corrected chi connectivity index (χ0v) is 10.9. The maximum Gasteiger partial charge on any atom is 0.159 e. The maximum atomic E-state index is 8.32. The number of aryl methyl sites for hydroxylation is 1. The van der Waals surface area contributed by atoms with Crippen LogP contribution in [-0.2, 0) is 11.8 Å². The van der Waals surface area contributed by atoms with E-state index in [1.54, 1.807) is 6.20 Å². The van der Waals surface area contributed by atoms with E-state index in [1.165, 1.54) is 12.8 Å². The topological polar surface area (TPSA) is 25.8 Å². The Hall–Kier alpha value is -1.70. The number of aromatic nitrogens is 2. The SMILES string of the molecule is [2H]C1([2H])CC2(CCCC2)c2nc(-c3ccccc3)ncc21. The van der Waals surface area contributed by atoms with Crippen LogP contribution >= 0.6 is 0 Å². The van der Waals surface area contributed by atoms with Crippen molar-refractivity contribution in [1.29, 1.82) is 0 Å². The molecule has 1 saturated carbocycles. The van der Waals surface area contributed by atoms with Crippen molar-refractivity contribution in [1.82, 2.24) is 9.97 Å². The van der Waals surface area contributed by atoms with Gasteiger partial charge in [-0.1, -0.05) is 43.2 Å². The molecule has 0 atom stereocenters. The minimum Gasteiger partial charge on any atom is -0.236 e. The first kappa shape index (κ1) is 9.24. The lowest BCUT2D eigenvalue weighted by Crippen LogP contribution is -2.19. The first-order valence-corrected chi connectivity index (χ1v) is 7.04. The monoisotopic (exact) mass is 252 g/mol. The highest BCUT2D eigenvalue weighted by atomic mass is 14.9. The van der Waals surface area contributed by atoms with Crippen molar-refractivity contribution in [3.05, 3.63) is 47.8 Å². The fraction of sp³-hybridized carbons (Fsp3) is 0.412. The molecule has 2 heteroatoms. The summed E-state index contributed by atoms with van der Waals surface area (Å²) in [6, 6.07) is 9.96. The molecular formula is C17H18N2. The molecule has 2 aliphatic rings. The van der Waals surface area contributed by atoms with E-state index in [4.69, 9.17) is 7.73 Å². The highest BCUT2D eigenvalue weighted by molar-refractivity contribution is 5.55. The maximum absolute atomic E-state index is 8.32. The van der Waals surface area contributed by atoms with Crippen LogP contribution in [0.15, 0.2) is 36.5 Å². The third-order valence-corrected chi connectivity index (χ3v) is 4.50. The van der Waals surface area contributed by atoms with E-state index in [0.29, 0.717) is 12.0 Å². The van der Waals surface area contributed by atoms with Crippen molar-refractivity contribution in [3.63, 3.8) is 0 Å². The Kier molecular flexibility index (Phi) is 2.02. The first-order valence-electron chi connectivity index (χ1n) is 8.04. The van der Waals surface area contributed by atoms with Crippen LogP contribution in [0.4, 0.5) is 0 Å². The zero-order chi connectivity index (χ0) is 14.5. The molecule has 0 bridgehead atoms. The Bertz CT molecular complexity index is 676. The second-order valence-electron chi connectivity index (χ2n) is 5.66. The van der Waals surface area contributed by atoms with Gasteiger partial charge in [0.05, 0.1) is 5.69 Å². The zero-order valence-electron chi connectivity index (χ0n) is 12.9. The van der Waals surface area contributed by atoms with Gasteiger partial charge in [-0.05, 0) is 31.2 Å². The summed E-state index contributed by atoms with van der Waals surface area (Å²) in [5, 5.41) is 0. The normalized spacial score (nSPS) is 24.0. The Morgan fingerprint density at radius 2 is 1.84 bits per heavy atom. The molecule has 1 aromatic carbocycles. The third-order valence-electron chi connectivity index (χ3n) is 4.50. The van der Waals surface area contributed by atoms with Gasteiger partial charge in [0.1, 0.15) is 0 Å². The average Bonchev–Trinajstić information content (AvgIpc) is 3.04. The number of hydrogen-bond donors (Lipinski definition) is 0. The Morgan fingerprint density at radius 3 is 2.63 bits per heavy atom. The highest BCUT2D eigenvalue weighted by Gasteiger charge is 2.42. The molecule has 0 N–H and O–H groups in total. The quantitative estimate of drug-likeness (QED) is 0.769. The fourth-order valence-corrected chi connectivity index (χ4v) is 3.46. The number of nitrogens with zero attached hydrogens (tertiary/aromatic N) is 2. The minimum absolute atomic E-state index is 0.0503. The van der Waals surface area contributed by atoms with Gasteiger partial charge in [-0.2, -0.15) is 0 Å². The van der Waals surface area contributed by atoms with Crippen LogP contribution in [0.1, 0.15) is 46.1 Å². The third kappa shape index (κ3) is 1.70. The van der Waals surface area contributed by atoms with Gasteiger partial charge in [-0.25, -0.2) is 9.97 Å². The van der Waals surface area contributed by atoms with Crippen LogP contribution in [-0.4, -0.2) is 9.97 Å². The Balaban J connectivity index is 1.87. The van der Waals surface area contributed by atoms with Gasteiger partial charge in [0, 0.05) is 19.9 Å². The van der Waals surface area contributed by atoms with Crippen LogP contribution in [0.2, 0.25) is 0 Å². The minimum atomic E-state index is -1.28. The molecule has 1 fully saturated rings. The van der Waals surface area contributed by atoms with Gasteiger partial charge in [-0.15, -0.1) is 0 Å². The lowest BCUT2D eigenvalue weighted by molar-refractivity contribution is 0.428. The molecule has 1 heterocycles. The summed E-state index contributed by atoms with van der Waals surface area (Å²) in [5.41, 5.74) is 2.63. The fourth-order valence-electron chi connectivity index (χ4n) is 3.46. The molecule has 4 rings (SSSR count). The van der Waals surface area contributed by atoms with E-state index in [-0.39, 0.29) is 5.41 Å². The molecule has 2 aromatic rings.